The van der Waals surface area contributed by atoms with Crippen LogP contribution in [-0.2, 0) is 4.74 Å². The van der Waals surface area contributed by atoms with Crippen LogP contribution in [0.1, 0.15) is 49.3 Å². The lowest BCUT2D eigenvalue weighted by Gasteiger charge is -2.19. The van der Waals surface area contributed by atoms with Gasteiger partial charge in [-0.15, -0.1) is 0 Å². The summed E-state index contributed by atoms with van der Waals surface area (Å²) < 4.78 is 6.82. The van der Waals surface area contributed by atoms with Crippen molar-refractivity contribution in [3.63, 3.8) is 0 Å². The molecule has 0 aliphatic carbocycles. The van der Waals surface area contributed by atoms with E-state index in [1.807, 2.05) is 0 Å². The third kappa shape index (κ3) is 4.02. The van der Waals surface area contributed by atoms with Gasteiger partial charge in [-0.25, -0.2) is 0 Å². The van der Waals surface area contributed by atoms with Crippen LogP contribution in [0.25, 0.3) is 0 Å². The maximum Gasteiger partial charge on any atom is 0.0576 e. The average molecular weight is 327 g/mol. The summed E-state index contributed by atoms with van der Waals surface area (Å²) in [7, 11) is 0. The summed E-state index contributed by atoms with van der Waals surface area (Å²) in [5, 5.41) is 0. The lowest BCUT2D eigenvalue weighted by molar-refractivity contribution is 0.101. The summed E-state index contributed by atoms with van der Waals surface area (Å²) in [5.41, 5.74) is 5.43. The molecule has 1 aliphatic rings. The predicted octanol–water partition coefficient (Wildman–Crippen LogP) is 3.61. The number of ether oxygens (including phenoxy) is 1. The second-order valence-electron chi connectivity index (χ2n) is 5.26. The Labute approximate surface area is 124 Å². The maximum absolute atomic E-state index is 5.72. The largest absolute Gasteiger partial charge is 0.378 e. The molecule has 2 rings (SSSR count). The standard InChI is InChI=1S/C15H23BrN2O/c1-11-5-2-8-13(15(11)16)14(18-17)9-3-6-12-7-4-10-19-12/h2,5,8,12,14,18H,3-4,6-7,9-10,17H2,1H3. The molecule has 3 N–H and O–H groups in total. The zero-order valence-electron chi connectivity index (χ0n) is 11.5. The van der Waals surface area contributed by atoms with E-state index in [2.05, 4.69) is 46.5 Å². The van der Waals surface area contributed by atoms with Gasteiger partial charge in [0.2, 0.25) is 0 Å². The Hall–Kier alpha value is -0.420. The van der Waals surface area contributed by atoms with Crippen LogP contribution in [0.3, 0.4) is 0 Å². The van der Waals surface area contributed by atoms with Crippen molar-refractivity contribution in [2.24, 2.45) is 5.84 Å². The molecule has 1 fully saturated rings. The summed E-state index contributed by atoms with van der Waals surface area (Å²) in [6.07, 6.45) is 6.22. The van der Waals surface area contributed by atoms with Crippen LogP contribution in [0.2, 0.25) is 0 Å². The number of nitrogens with one attached hydrogen (secondary N) is 1. The van der Waals surface area contributed by atoms with E-state index >= 15 is 0 Å². The summed E-state index contributed by atoms with van der Waals surface area (Å²) in [6.45, 7) is 3.04. The Balaban J connectivity index is 1.90. The zero-order chi connectivity index (χ0) is 13.7. The highest BCUT2D eigenvalue weighted by molar-refractivity contribution is 9.10. The Morgan fingerprint density at radius 3 is 3.05 bits per heavy atom. The van der Waals surface area contributed by atoms with Gasteiger partial charge >= 0.3 is 0 Å². The van der Waals surface area contributed by atoms with Gasteiger partial charge in [0.25, 0.3) is 0 Å². The highest BCUT2D eigenvalue weighted by Gasteiger charge is 2.18. The quantitative estimate of drug-likeness (QED) is 0.620. The molecule has 0 bridgehead atoms. The smallest absolute Gasteiger partial charge is 0.0576 e. The molecule has 1 saturated heterocycles. The molecule has 2 atom stereocenters. The second kappa shape index (κ2) is 7.39. The average Bonchev–Trinajstić information content (AvgIpc) is 2.92. The number of halogens is 1. The van der Waals surface area contributed by atoms with Crippen molar-refractivity contribution >= 4 is 15.9 Å². The van der Waals surface area contributed by atoms with Gasteiger partial charge in [0.1, 0.15) is 0 Å². The molecule has 1 aromatic rings. The first-order valence-electron chi connectivity index (χ1n) is 7.05. The summed E-state index contributed by atoms with van der Waals surface area (Å²) in [4.78, 5) is 0. The van der Waals surface area contributed by atoms with E-state index in [0.717, 1.165) is 30.3 Å². The number of hydrogen-bond acceptors (Lipinski definition) is 3. The number of hydrazine groups is 1. The highest BCUT2D eigenvalue weighted by Crippen LogP contribution is 2.29. The zero-order valence-corrected chi connectivity index (χ0v) is 13.1. The van der Waals surface area contributed by atoms with Gasteiger partial charge in [-0.05, 0) is 50.2 Å². The SMILES string of the molecule is Cc1cccc(C(CCCC2CCCO2)NN)c1Br. The molecule has 1 aliphatic heterocycles. The Bertz CT molecular complexity index is 405. The molecule has 0 saturated carbocycles. The fraction of sp³-hybridized carbons (Fsp3) is 0.600. The molecule has 3 nitrogen and oxygen atoms in total. The second-order valence-corrected chi connectivity index (χ2v) is 6.06. The topological polar surface area (TPSA) is 47.3 Å². The van der Waals surface area contributed by atoms with E-state index in [-0.39, 0.29) is 6.04 Å². The first-order valence-corrected chi connectivity index (χ1v) is 7.84. The van der Waals surface area contributed by atoms with Crippen LogP contribution in [0, 0.1) is 6.92 Å². The van der Waals surface area contributed by atoms with Gasteiger partial charge in [-0.2, -0.15) is 0 Å². The number of hydrogen-bond donors (Lipinski definition) is 2. The molecular weight excluding hydrogens is 304 g/mol. The van der Waals surface area contributed by atoms with Gasteiger partial charge in [-0.1, -0.05) is 34.1 Å². The van der Waals surface area contributed by atoms with Crippen LogP contribution in [0.5, 0.6) is 0 Å². The summed E-state index contributed by atoms with van der Waals surface area (Å²) in [5.74, 6) is 5.72. The molecule has 1 heterocycles. The monoisotopic (exact) mass is 326 g/mol. The Morgan fingerprint density at radius 1 is 1.53 bits per heavy atom. The molecule has 0 aromatic heterocycles. The van der Waals surface area contributed by atoms with E-state index < -0.39 is 0 Å². The molecule has 0 amide bonds. The van der Waals surface area contributed by atoms with E-state index in [1.54, 1.807) is 0 Å². The van der Waals surface area contributed by atoms with Crippen molar-refractivity contribution < 1.29 is 4.74 Å². The van der Waals surface area contributed by atoms with Crippen LogP contribution >= 0.6 is 15.9 Å². The summed E-state index contributed by atoms with van der Waals surface area (Å²) >= 11 is 3.66. The van der Waals surface area contributed by atoms with Crippen molar-refractivity contribution in [1.82, 2.24) is 5.43 Å². The first kappa shape index (κ1) is 15.0. The van der Waals surface area contributed by atoms with E-state index in [1.165, 1.54) is 24.0 Å². The first-order chi connectivity index (χ1) is 9.22. The molecule has 1 aromatic carbocycles. The molecule has 2 unspecified atom stereocenters. The predicted molar refractivity (Wildman–Crippen MR) is 81.8 cm³/mol. The number of aryl methyl sites for hydroxylation is 1. The molecule has 106 valence electrons. The van der Waals surface area contributed by atoms with E-state index in [4.69, 9.17) is 10.6 Å². The molecule has 0 spiro atoms. The minimum atomic E-state index is 0.204. The fourth-order valence-corrected chi connectivity index (χ4v) is 3.23. The summed E-state index contributed by atoms with van der Waals surface area (Å²) in [6, 6.07) is 6.52. The van der Waals surface area contributed by atoms with Gasteiger partial charge in [0, 0.05) is 17.1 Å². The van der Waals surface area contributed by atoms with E-state index in [9.17, 15) is 0 Å². The lowest BCUT2D eigenvalue weighted by atomic mass is 9.98. The Morgan fingerprint density at radius 2 is 2.37 bits per heavy atom. The van der Waals surface area contributed by atoms with Crippen molar-refractivity contribution in [2.75, 3.05) is 6.61 Å². The van der Waals surface area contributed by atoms with Crippen molar-refractivity contribution in [1.29, 1.82) is 0 Å². The highest BCUT2D eigenvalue weighted by atomic mass is 79.9. The molecule has 4 heteroatoms. The minimum absolute atomic E-state index is 0.204. The Kier molecular flexibility index (Phi) is 5.82. The van der Waals surface area contributed by atoms with Crippen molar-refractivity contribution in [2.45, 2.75) is 51.2 Å². The number of nitrogens with two attached hydrogens (primary N) is 1. The maximum atomic E-state index is 5.72. The van der Waals surface area contributed by atoms with E-state index in [0.29, 0.717) is 6.10 Å². The van der Waals surface area contributed by atoms with Crippen LogP contribution < -0.4 is 11.3 Å². The number of rotatable bonds is 6. The third-order valence-electron chi connectivity index (χ3n) is 3.84. The molecule has 0 radical (unpaired) electrons. The van der Waals surface area contributed by atoms with Crippen LogP contribution in [0.15, 0.2) is 22.7 Å². The van der Waals surface area contributed by atoms with Crippen molar-refractivity contribution in [3.05, 3.63) is 33.8 Å². The van der Waals surface area contributed by atoms with Gasteiger partial charge in [0.05, 0.1) is 6.10 Å². The van der Waals surface area contributed by atoms with Gasteiger partial charge in [0.15, 0.2) is 0 Å². The molecular formula is C15H23BrN2O. The number of benzene rings is 1. The van der Waals surface area contributed by atoms with Gasteiger partial charge < -0.3 is 4.74 Å². The molecule has 19 heavy (non-hydrogen) atoms. The third-order valence-corrected chi connectivity index (χ3v) is 4.92. The minimum Gasteiger partial charge on any atom is -0.378 e. The van der Waals surface area contributed by atoms with Crippen LogP contribution in [0.4, 0.5) is 0 Å². The van der Waals surface area contributed by atoms with Gasteiger partial charge in [-0.3, -0.25) is 11.3 Å². The normalized spacial score (nSPS) is 20.7. The van der Waals surface area contributed by atoms with Crippen LogP contribution in [-0.4, -0.2) is 12.7 Å². The fourth-order valence-electron chi connectivity index (χ4n) is 2.69. The lowest BCUT2D eigenvalue weighted by Crippen LogP contribution is -2.28. The van der Waals surface area contributed by atoms with Crippen molar-refractivity contribution in [3.8, 4) is 0 Å².